The third-order valence-corrected chi connectivity index (χ3v) is 7.66. The van der Waals surface area contributed by atoms with Gasteiger partial charge in [0, 0.05) is 31.7 Å². The van der Waals surface area contributed by atoms with E-state index < -0.39 is 0 Å². The molecule has 3 aromatic rings. The van der Waals surface area contributed by atoms with E-state index in [1.807, 2.05) is 11.8 Å². The first-order valence-electron chi connectivity index (χ1n) is 12.8. The zero-order chi connectivity index (χ0) is 25.4. The van der Waals surface area contributed by atoms with Crippen LogP contribution in [0, 0.1) is 5.92 Å². The third kappa shape index (κ3) is 4.80. The van der Waals surface area contributed by atoms with E-state index >= 15 is 0 Å². The van der Waals surface area contributed by atoms with Crippen molar-refractivity contribution in [1.29, 1.82) is 0 Å². The first-order valence-corrected chi connectivity index (χ1v) is 12.8. The summed E-state index contributed by atoms with van der Waals surface area (Å²) in [6, 6.07) is 9.52. The molecule has 2 N–H and O–H groups in total. The molecule has 2 aliphatic rings. The number of carbonyl (C=O) groups is 1. The predicted octanol–water partition coefficient (Wildman–Crippen LogP) is 3.48. The molecule has 1 saturated carbocycles. The first-order chi connectivity index (χ1) is 17.4. The highest BCUT2D eigenvalue weighted by Crippen LogP contribution is 2.41. The van der Waals surface area contributed by atoms with Crippen LogP contribution < -0.4 is 11.0 Å². The number of amides is 1. The van der Waals surface area contributed by atoms with Gasteiger partial charge in [-0.1, -0.05) is 43.7 Å². The molecule has 2 atom stereocenters. The van der Waals surface area contributed by atoms with Gasteiger partial charge in [0.05, 0.1) is 12.2 Å². The Kier molecular flexibility index (Phi) is 6.66. The van der Waals surface area contributed by atoms with E-state index in [0.29, 0.717) is 35.7 Å². The summed E-state index contributed by atoms with van der Waals surface area (Å²) in [7, 11) is 2.19. The van der Waals surface area contributed by atoms with E-state index in [9.17, 15) is 9.59 Å². The number of imidazole rings is 1. The summed E-state index contributed by atoms with van der Waals surface area (Å²) in [5.74, 6) is 1.31. The van der Waals surface area contributed by atoms with Crippen molar-refractivity contribution in [3.05, 3.63) is 64.7 Å². The van der Waals surface area contributed by atoms with Gasteiger partial charge in [-0.25, -0.2) is 9.78 Å². The molecule has 190 valence electrons. The number of benzene rings is 1. The molecular weight excluding hydrogens is 454 g/mol. The fraction of sp³-hybridized carbons (Fsp3) is 0.481. The number of hydrogen-bond donors (Lipinski definition) is 2. The minimum atomic E-state index is -0.171. The van der Waals surface area contributed by atoms with Gasteiger partial charge in [0.1, 0.15) is 5.52 Å². The normalized spacial score (nSPS) is 17.7. The summed E-state index contributed by atoms with van der Waals surface area (Å²) >= 11 is 0. The zero-order valence-corrected chi connectivity index (χ0v) is 21.3. The van der Waals surface area contributed by atoms with E-state index in [1.165, 1.54) is 24.5 Å². The molecule has 0 radical (unpaired) electrons. The number of carbonyl (C=O) groups excluding carboxylic acids is 1. The van der Waals surface area contributed by atoms with Crippen LogP contribution in [0.25, 0.3) is 11.2 Å². The molecule has 1 saturated heterocycles. The molecule has 1 aliphatic heterocycles. The second-order valence-corrected chi connectivity index (χ2v) is 10.1. The summed E-state index contributed by atoms with van der Waals surface area (Å²) in [4.78, 5) is 40.0. The monoisotopic (exact) mass is 489 g/mol. The largest absolute Gasteiger partial charge is 0.348 e. The fourth-order valence-corrected chi connectivity index (χ4v) is 5.08. The highest BCUT2D eigenvalue weighted by Gasteiger charge is 2.37. The summed E-state index contributed by atoms with van der Waals surface area (Å²) in [5.41, 5.74) is 3.53. The van der Waals surface area contributed by atoms with Gasteiger partial charge < -0.3 is 15.2 Å². The standard InChI is InChI=1S/C27H35N7O2/c1-5-24(35)33-15-21(16-33)32(4)23(13-18-7-8-18)20-11-9-19(10-12-20)17(3)29-26-28-14-22-25(31-26)34(6-2)27(36)30-22/h5,9-12,14,17-18,21,23H,1,6-8,13,15-16H2,2-4H3,(H,30,36)(H,28,29,31)/t17-,23?/m0/s1. The number of likely N-dealkylation sites (N-methyl/N-ethyl adjacent to an activating group) is 1. The average molecular weight is 490 g/mol. The van der Waals surface area contributed by atoms with E-state index in [-0.39, 0.29) is 17.6 Å². The summed E-state index contributed by atoms with van der Waals surface area (Å²) in [6.07, 6.45) is 6.82. The number of aromatic nitrogens is 4. The number of rotatable bonds is 10. The molecule has 2 fully saturated rings. The predicted molar refractivity (Wildman–Crippen MR) is 141 cm³/mol. The van der Waals surface area contributed by atoms with Crippen LogP contribution in [0.15, 0.2) is 47.9 Å². The number of nitrogens with one attached hydrogen (secondary N) is 2. The van der Waals surface area contributed by atoms with E-state index in [1.54, 1.807) is 10.8 Å². The zero-order valence-electron chi connectivity index (χ0n) is 21.3. The summed E-state index contributed by atoms with van der Waals surface area (Å²) < 4.78 is 1.60. The molecule has 1 aliphatic carbocycles. The second kappa shape index (κ2) is 9.89. The third-order valence-electron chi connectivity index (χ3n) is 7.66. The number of nitrogens with zero attached hydrogens (tertiary/aromatic N) is 5. The van der Waals surface area contributed by atoms with Crippen molar-refractivity contribution in [2.45, 2.75) is 57.8 Å². The highest BCUT2D eigenvalue weighted by molar-refractivity contribution is 5.87. The minimum absolute atomic E-state index is 0.00181. The molecule has 2 aromatic heterocycles. The molecule has 1 unspecified atom stereocenters. The quantitative estimate of drug-likeness (QED) is 0.423. The first kappa shape index (κ1) is 24.2. The van der Waals surface area contributed by atoms with Crippen LogP contribution in [0.2, 0.25) is 0 Å². The highest BCUT2D eigenvalue weighted by atomic mass is 16.2. The molecule has 0 bridgehead atoms. The summed E-state index contributed by atoms with van der Waals surface area (Å²) in [5, 5.41) is 3.37. The van der Waals surface area contributed by atoms with Gasteiger partial charge in [-0.2, -0.15) is 4.98 Å². The van der Waals surface area contributed by atoms with Crippen molar-refractivity contribution >= 4 is 23.0 Å². The molecule has 5 rings (SSSR count). The minimum Gasteiger partial charge on any atom is -0.348 e. The van der Waals surface area contributed by atoms with Crippen molar-refractivity contribution < 1.29 is 4.79 Å². The number of fused-ring (bicyclic) bond motifs is 1. The van der Waals surface area contributed by atoms with E-state index in [4.69, 9.17) is 0 Å². The number of aromatic amines is 1. The average Bonchev–Trinajstić information content (AvgIpc) is 3.62. The number of H-pyrrole nitrogens is 1. The molecule has 1 aromatic carbocycles. The van der Waals surface area contributed by atoms with Crippen LogP contribution >= 0.6 is 0 Å². The smallest absolute Gasteiger partial charge is 0.327 e. The van der Waals surface area contributed by atoms with Gasteiger partial charge in [0.25, 0.3) is 0 Å². The Morgan fingerprint density at radius 2 is 1.97 bits per heavy atom. The van der Waals surface area contributed by atoms with Crippen LogP contribution in [0.5, 0.6) is 0 Å². The molecule has 9 nitrogen and oxygen atoms in total. The van der Waals surface area contributed by atoms with Crippen molar-refractivity contribution in [3.63, 3.8) is 0 Å². The lowest BCUT2D eigenvalue weighted by Gasteiger charge is -2.46. The number of hydrogen-bond acceptors (Lipinski definition) is 6. The maximum Gasteiger partial charge on any atom is 0.327 e. The number of anilines is 1. The Bertz CT molecular complexity index is 1300. The summed E-state index contributed by atoms with van der Waals surface area (Å²) in [6.45, 7) is 9.68. The van der Waals surface area contributed by atoms with Crippen LogP contribution in [-0.4, -0.2) is 61.4 Å². The van der Waals surface area contributed by atoms with E-state index in [2.05, 4.69) is 70.0 Å². The van der Waals surface area contributed by atoms with Gasteiger partial charge in [-0.15, -0.1) is 0 Å². The Hall–Kier alpha value is -3.46. The fourth-order valence-electron chi connectivity index (χ4n) is 5.08. The number of aryl methyl sites for hydroxylation is 1. The van der Waals surface area contributed by atoms with Crippen LogP contribution in [0.3, 0.4) is 0 Å². The SMILES string of the molecule is C=CC(=O)N1CC(N(C)C(CC2CC2)c2ccc([C@H](C)Nc3ncc4[nH]c(=O)n(CC)c4n3)cc2)C1. The van der Waals surface area contributed by atoms with Gasteiger partial charge in [0.2, 0.25) is 11.9 Å². The van der Waals surface area contributed by atoms with Crippen molar-refractivity contribution in [2.24, 2.45) is 5.92 Å². The molecule has 9 heteroatoms. The van der Waals surface area contributed by atoms with Gasteiger partial charge >= 0.3 is 5.69 Å². The molecule has 3 heterocycles. The van der Waals surface area contributed by atoms with Crippen molar-refractivity contribution in [3.8, 4) is 0 Å². The van der Waals surface area contributed by atoms with Crippen LogP contribution in [-0.2, 0) is 11.3 Å². The Morgan fingerprint density at radius 3 is 2.61 bits per heavy atom. The lowest BCUT2D eigenvalue weighted by molar-refractivity contribution is -0.133. The van der Waals surface area contributed by atoms with Gasteiger partial charge in [-0.3, -0.25) is 14.3 Å². The molecule has 1 amide bonds. The topological polar surface area (TPSA) is 99.2 Å². The Labute approximate surface area is 211 Å². The second-order valence-electron chi connectivity index (χ2n) is 10.1. The molecule has 36 heavy (non-hydrogen) atoms. The van der Waals surface area contributed by atoms with Gasteiger partial charge in [-0.05, 0) is 50.4 Å². The van der Waals surface area contributed by atoms with Crippen LogP contribution in [0.1, 0.15) is 56.3 Å². The van der Waals surface area contributed by atoms with E-state index in [0.717, 1.165) is 31.0 Å². The Balaban J connectivity index is 1.28. The van der Waals surface area contributed by atoms with Crippen molar-refractivity contribution in [2.75, 3.05) is 25.5 Å². The molecular formula is C27H35N7O2. The number of likely N-dealkylation sites (tertiary alicyclic amines) is 1. The van der Waals surface area contributed by atoms with Crippen LogP contribution in [0.4, 0.5) is 5.95 Å². The maximum atomic E-state index is 12.0. The molecule has 0 spiro atoms. The Morgan fingerprint density at radius 1 is 1.28 bits per heavy atom. The maximum absolute atomic E-state index is 12.0. The van der Waals surface area contributed by atoms with Gasteiger partial charge in [0.15, 0.2) is 5.65 Å². The van der Waals surface area contributed by atoms with Crippen molar-refractivity contribution in [1.82, 2.24) is 29.3 Å². The lowest BCUT2D eigenvalue weighted by Crippen LogP contribution is -2.60. The lowest BCUT2D eigenvalue weighted by atomic mass is 9.94.